The van der Waals surface area contributed by atoms with E-state index in [-0.39, 0.29) is 19.3 Å². The molecule has 0 aromatic rings. The van der Waals surface area contributed by atoms with Gasteiger partial charge in [-0.25, -0.2) is 9.13 Å². The van der Waals surface area contributed by atoms with E-state index in [9.17, 15) is 43.5 Å². The van der Waals surface area contributed by atoms with Gasteiger partial charge in [0, 0.05) is 19.3 Å². The highest BCUT2D eigenvalue weighted by atomic mass is 31.2. The molecule has 0 aliphatic rings. The van der Waals surface area contributed by atoms with Crippen LogP contribution in [0.25, 0.3) is 0 Å². The summed E-state index contributed by atoms with van der Waals surface area (Å²) < 4.78 is 61.5. The van der Waals surface area contributed by atoms with Crippen molar-refractivity contribution in [3.8, 4) is 0 Å². The molecular formula is C103H180O16P2. The fourth-order valence-corrected chi connectivity index (χ4v) is 15.2. The number of ether oxygens (including phenoxy) is 3. The quantitative estimate of drug-likeness (QED) is 0.0146. The average Bonchev–Trinajstić information content (AvgIpc) is 0.964. The summed E-state index contributed by atoms with van der Waals surface area (Å²) in [4.78, 5) is 59.0. The Kier molecular flexibility index (Phi) is 91.0. The molecule has 0 aromatic heterocycles. The standard InChI is InChI=1S/C103H180O16P2/c1-4-7-10-13-16-19-22-25-28-31-33-35-37-39-41-43-45-47-48-50-52-53-55-57-59-61-63-66-68-71-74-77-80-83-86-89-101(106)113-92-98(104)93-115-120(109,110)116-94-99(105)95-117-121(111,112)118-97-100(119-103(108)91-88-85-82-79-76-73-70-65-30-27-24-21-18-15-12-9-6-3)96-114-102(107)90-87-84-81-78-75-72-69-67-64-62-60-58-56-54-51-49-46-44-42-40-38-36-34-32-29-26-23-20-17-14-11-8-5-2/h8-9,11-12,16-21,25-30,33-36,39-42,98-100,104-105H,4-7,10,13-15,22-24,31-32,37-38,43-97H2,1-3H3,(H,109,110)(H,111,112)/b11-8-,12-9-,19-16-,20-17-,21-18-,28-25-,29-26-,30-27-,35-33-,36-34-,41-39-,42-40-. The van der Waals surface area contributed by atoms with E-state index in [1.54, 1.807) is 0 Å². The van der Waals surface area contributed by atoms with Crippen LogP contribution < -0.4 is 0 Å². The number of hydrogen-bond acceptors (Lipinski definition) is 14. The van der Waals surface area contributed by atoms with Crippen LogP contribution in [0.3, 0.4) is 0 Å². The summed E-state index contributed by atoms with van der Waals surface area (Å²) in [6, 6.07) is 0. The van der Waals surface area contributed by atoms with E-state index < -0.39 is 91.5 Å². The Morgan fingerprint density at radius 3 is 0.694 bits per heavy atom. The highest BCUT2D eigenvalue weighted by molar-refractivity contribution is 7.47. The Hall–Kier alpha value is -4.57. The number of carbonyl (C=O) groups excluding carboxylic acids is 3. The number of aliphatic hydroxyl groups excluding tert-OH is 2. The van der Waals surface area contributed by atoms with E-state index in [4.69, 9.17) is 32.3 Å². The first-order valence-corrected chi connectivity index (χ1v) is 52.1. The fourth-order valence-electron chi connectivity index (χ4n) is 13.7. The third kappa shape index (κ3) is 95.9. The molecule has 0 aromatic carbocycles. The molecule has 121 heavy (non-hydrogen) atoms. The second-order valence-corrected chi connectivity index (χ2v) is 35.7. The maximum absolute atomic E-state index is 13.1. The van der Waals surface area contributed by atoms with Crippen molar-refractivity contribution in [2.24, 2.45) is 0 Å². The van der Waals surface area contributed by atoms with Gasteiger partial charge in [0.15, 0.2) is 6.10 Å². The summed E-state index contributed by atoms with van der Waals surface area (Å²) in [6.07, 6.45) is 121. The summed E-state index contributed by atoms with van der Waals surface area (Å²) in [6.45, 7) is 2.49. The Labute approximate surface area is 740 Å². The third-order valence-electron chi connectivity index (χ3n) is 21.0. The molecule has 698 valence electrons. The van der Waals surface area contributed by atoms with Gasteiger partial charge in [0.25, 0.3) is 0 Å². The summed E-state index contributed by atoms with van der Waals surface area (Å²) in [5.41, 5.74) is 0. The Morgan fingerprint density at radius 1 is 0.240 bits per heavy atom. The van der Waals surface area contributed by atoms with Crippen LogP contribution in [0.15, 0.2) is 146 Å². The largest absolute Gasteiger partial charge is 0.472 e. The number of phosphoric ester groups is 2. The minimum absolute atomic E-state index is 0.0930. The average molecular weight is 1740 g/mol. The smallest absolute Gasteiger partial charge is 0.463 e. The molecule has 0 saturated carbocycles. The van der Waals surface area contributed by atoms with Gasteiger partial charge in [0.05, 0.1) is 26.4 Å². The zero-order valence-electron chi connectivity index (χ0n) is 77.2. The third-order valence-corrected chi connectivity index (χ3v) is 22.9. The second-order valence-electron chi connectivity index (χ2n) is 32.8. The monoisotopic (exact) mass is 1740 g/mol. The van der Waals surface area contributed by atoms with Crippen LogP contribution in [-0.2, 0) is 55.8 Å². The minimum Gasteiger partial charge on any atom is -0.463 e. The lowest BCUT2D eigenvalue weighted by Crippen LogP contribution is -2.30. The van der Waals surface area contributed by atoms with E-state index in [0.29, 0.717) is 19.3 Å². The first kappa shape index (κ1) is 116. The molecule has 0 saturated heterocycles. The molecule has 0 aliphatic carbocycles. The predicted molar refractivity (Wildman–Crippen MR) is 509 cm³/mol. The van der Waals surface area contributed by atoms with E-state index >= 15 is 0 Å². The van der Waals surface area contributed by atoms with Crippen molar-refractivity contribution in [3.05, 3.63) is 146 Å². The number of aliphatic hydroxyl groups is 2. The van der Waals surface area contributed by atoms with E-state index in [1.807, 2.05) is 0 Å². The molecule has 0 radical (unpaired) electrons. The van der Waals surface area contributed by atoms with Gasteiger partial charge in [0.2, 0.25) is 0 Å². The van der Waals surface area contributed by atoms with Gasteiger partial charge < -0.3 is 34.2 Å². The lowest BCUT2D eigenvalue weighted by molar-refractivity contribution is -0.161. The molecule has 0 rings (SSSR count). The van der Waals surface area contributed by atoms with Crippen molar-refractivity contribution >= 4 is 33.6 Å². The fraction of sp³-hybridized carbons (Fsp3) is 0.738. The van der Waals surface area contributed by atoms with Crippen molar-refractivity contribution in [1.29, 1.82) is 0 Å². The molecular weight excluding hydrogens is 1560 g/mol. The van der Waals surface area contributed by atoms with Gasteiger partial charge in [-0.3, -0.25) is 32.5 Å². The van der Waals surface area contributed by atoms with Crippen LogP contribution in [0, 0.1) is 0 Å². The van der Waals surface area contributed by atoms with Crippen molar-refractivity contribution in [1.82, 2.24) is 0 Å². The summed E-state index contributed by atoms with van der Waals surface area (Å²) in [7, 11) is -9.81. The van der Waals surface area contributed by atoms with Crippen LogP contribution in [0.1, 0.15) is 432 Å². The van der Waals surface area contributed by atoms with E-state index in [2.05, 4.69) is 167 Å². The van der Waals surface area contributed by atoms with Crippen LogP contribution in [-0.4, -0.2) is 95.9 Å². The van der Waals surface area contributed by atoms with Crippen LogP contribution in [0.4, 0.5) is 0 Å². The van der Waals surface area contributed by atoms with Crippen LogP contribution >= 0.6 is 15.6 Å². The van der Waals surface area contributed by atoms with Crippen LogP contribution in [0.5, 0.6) is 0 Å². The topological polar surface area (TPSA) is 231 Å². The minimum atomic E-state index is -4.94. The number of phosphoric acid groups is 2. The first-order chi connectivity index (χ1) is 59.2. The van der Waals surface area contributed by atoms with Crippen LogP contribution in [0.2, 0.25) is 0 Å². The normalized spacial score (nSPS) is 14.3. The Balaban J connectivity index is 4.44. The number of hydrogen-bond donors (Lipinski definition) is 4. The number of unbranched alkanes of at least 4 members (excludes halogenated alkanes) is 46. The second kappa shape index (κ2) is 94.6. The molecule has 0 heterocycles. The molecule has 16 nitrogen and oxygen atoms in total. The van der Waals surface area contributed by atoms with Crippen molar-refractivity contribution in [2.75, 3.05) is 39.6 Å². The number of rotatable bonds is 93. The van der Waals surface area contributed by atoms with Gasteiger partial charge >= 0.3 is 33.6 Å². The number of carbonyl (C=O) groups is 3. The van der Waals surface area contributed by atoms with Gasteiger partial charge in [-0.1, -0.05) is 417 Å². The maximum Gasteiger partial charge on any atom is 0.472 e. The van der Waals surface area contributed by atoms with Gasteiger partial charge in [-0.15, -0.1) is 0 Å². The summed E-state index contributed by atoms with van der Waals surface area (Å²) in [5, 5.41) is 20.8. The van der Waals surface area contributed by atoms with Gasteiger partial charge in [-0.05, 0) is 141 Å². The lowest BCUT2D eigenvalue weighted by Gasteiger charge is -2.21. The van der Waals surface area contributed by atoms with Crippen molar-refractivity contribution in [2.45, 2.75) is 450 Å². The van der Waals surface area contributed by atoms with Gasteiger partial charge in [-0.2, -0.15) is 0 Å². The number of esters is 3. The SMILES string of the molecule is CC/C=C\C/C=C\C/C=C\C/C=C\C/C=C\CCCCCCCCCCCCCCCCCCCC(=O)OCC(COP(=O)(O)OCC(O)COP(=O)(O)OCC(O)COC(=O)CCCCCCCCCCCCCCCCCCCCC/C=C\C/C=C\C/C=C\C/C=C\CCCCC)OC(=O)CCCCCCCCC/C=C\C/C=C\C/C=C\CC. The summed E-state index contributed by atoms with van der Waals surface area (Å²) in [5.74, 6) is -1.57. The summed E-state index contributed by atoms with van der Waals surface area (Å²) >= 11 is 0. The Morgan fingerprint density at radius 2 is 0.438 bits per heavy atom. The zero-order chi connectivity index (χ0) is 87.9. The molecule has 4 N–H and O–H groups in total. The van der Waals surface area contributed by atoms with Crippen molar-refractivity contribution < 1.29 is 75.8 Å². The Bertz CT molecular complexity index is 2780. The molecule has 0 amide bonds. The van der Waals surface area contributed by atoms with Gasteiger partial charge in [0.1, 0.15) is 25.4 Å². The highest BCUT2D eigenvalue weighted by Gasteiger charge is 2.30. The zero-order valence-corrected chi connectivity index (χ0v) is 79.0. The molecule has 0 spiro atoms. The molecule has 5 atom stereocenters. The predicted octanol–water partition coefficient (Wildman–Crippen LogP) is 30.7. The molecule has 0 bridgehead atoms. The molecule has 18 heteroatoms. The lowest BCUT2D eigenvalue weighted by atomic mass is 10.0. The number of allylic oxidation sites excluding steroid dienone is 24. The highest BCUT2D eigenvalue weighted by Crippen LogP contribution is 2.45. The maximum atomic E-state index is 13.1. The van der Waals surface area contributed by atoms with E-state index in [1.165, 1.54) is 218 Å². The molecule has 0 aliphatic heterocycles. The first-order valence-electron chi connectivity index (χ1n) is 49.1. The van der Waals surface area contributed by atoms with Crippen molar-refractivity contribution in [3.63, 3.8) is 0 Å². The molecule has 5 unspecified atom stereocenters. The van der Waals surface area contributed by atoms with E-state index in [0.717, 1.165) is 154 Å². The molecule has 0 fully saturated rings.